The first-order chi connectivity index (χ1) is 6.61. The van der Waals surface area contributed by atoms with Gasteiger partial charge in [-0.3, -0.25) is 4.90 Å². The Balaban J connectivity index is 1.95. The Bertz CT molecular complexity index is 204. The standard InChI is InChI=1S/C12H24N2/c1-8-7-12(8)11(4)14-6-5-13-9(2)10(14)3/h8-13H,5-7H2,1-4H3. The highest BCUT2D eigenvalue weighted by atomic mass is 15.3. The van der Waals surface area contributed by atoms with Crippen molar-refractivity contribution in [2.75, 3.05) is 13.1 Å². The summed E-state index contributed by atoms with van der Waals surface area (Å²) in [5.41, 5.74) is 0. The van der Waals surface area contributed by atoms with Gasteiger partial charge in [0.05, 0.1) is 0 Å². The summed E-state index contributed by atoms with van der Waals surface area (Å²) in [5.74, 6) is 1.95. The van der Waals surface area contributed by atoms with Crippen LogP contribution in [0.1, 0.15) is 34.1 Å². The summed E-state index contributed by atoms with van der Waals surface area (Å²) in [5, 5.41) is 3.55. The molecule has 0 amide bonds. The fourth-order valence-corrected chi connectivity index (χ4v) is 2.93. The third-order valence-electron chi connectivity index (χ3n) is 4.40. The predicted octanol–water partition coefficient (Wildman–Crippen LogP) is 1.71. The summed E-state index contributed by atoms with van der Waals surface area (Å²) in [6.07, 6.45) is 1.45. The molecule has 2 rings (SSSR count). The lowest BCUT2D eigenvalue weighted by Crippen LogP contribution is -2.58. The quantitative estimate of drug-likeness (QED) is 0.723. The Morgan fingerprint density at radius 2 is 1.93 bits per heavy atom. The Morgan fingerprint density at radius 1 is 1.29 bits per heavy atom. The van der Waals surface area contributed by atoms with Crippen molar-refractivity contribution in [3.8, 4) is 0 Å². The van der Waals surface area contributed by atoms with Crippen LogP contribution in [-0.2, 0) is 0 Å². The van der Waals surface area contributed by atoms with Gasteiger partial charge in [-0.05, 0) is 39.0 Å². The average molecular weight is 196 g/mol. The molecule has 14 heavy (non-hydrogen) atoms. The minimum Gasteiger partial charge on any atom is -0.311 e. The van der Waals surface area contributed by atoms with Crippen LogP contribution in [0.5, 0.6) is 0 Å². The molecule has 0 aromatic carbocycles. The summed E-state index contributed by atoms with van der Waals surface area (Å²) in [6.45, 7) is 11.9. The second-order valence-corrected chi connectivity index (χ2v) is 5.34. The molecule has 0 radical (unpaired) electrons. The zero-order valence-corrected chi connectivity index (χ0v) is 9.96. The van der Waals surface area contributed by atoms with E-state index < -0.39 is 0 Å². The number of nitrogens with zero attached hydrogens (tertiary/aromatic N) is 1. The molecule has 1 heterocycles. The van der Waals surface area contributed by atoms with E-state index >= 15 is 0 Å². The van der Waals surface area contributed by atoms with E-state index in [9.17, 15) is 0 Å². The van der Waals surface area contributed by atoms with E-state index in [2.05, 4.69) is 37.9 Å². The molecule has 1 N–H and O–H groups in total. The van der Waals surface area contributed by atoms with Gasteiger partial charge >= 0.3 is 0 Å². The normalized spacial score (nSPS) is 46.3. The Morgan fingerprint density at radius 3 is 2.50 bits per heavy atom. The molecule has 2 aliphatic rings. The van der Waals surface area contributed by atoms with Crippen LogP contribution in [0.4, 0.5) is 0 Å². The van der Waals surface area contributed by atoms with Gasteiger partial charge in [0.15, 0.2) is 0 Å². The van der Waals surface area contributed by atoms with Crippen LogP contribution in [-0.4, -0.2) is 36.1 Å². The van der Waals surface area contributed by atoms with Crippen molar-refractivity contribution >= 4 is 0 Å². The number of nitrogens with one attached hydrogen (secondary N) is 1. The van der Waals surface area contributed by atoms with Gasteiger partial charge in [0, 0.05) is 31.2 Å². The Hall–Kier alpha value is -0.0800. The molecule has 5 unspecified atom stereocenters. The Kier molecular flexibility index (Phi) is 2.85. The minimum absolute atomic E-state index is 0.653. The number of hydrogen-bond acceptors (Lipinski definition) is 2. The molecule has 2 heteroatoms. The van der Waals surface area contributed by atoms with Crippen LogP contribution in [0.15, 0.2) is 0 Å². The molecule has 82 valence electrons. The molecular formula is C12H24N2. The lowest BCUT2D eigenvalue weighted by molar-refractivity contribution is 0.0838. The van der Waals surface area contributed by atoms with Gasteiger partial charge in [0.1, 0.15) is 0 Å². The maximum absolute atomic E-state index is 3.55. The van der Waals surface area contributed by atoms with Crippen LogP contribution < -0.4 is 5.32 Å². The first-order valence-corrected chi connectivity index (χ1v) is 6.10. The van der Waals surface area contributed by atoms with Gasteiger partial charge in [0.25, 0.3) is 0 Å². The maximum atomic E-state index is 3.55. The predicted molar refractivity (Wildman–Crippen MR) is 60.4 cm³/mol. The molecule has 5 atom stereocenters. The second kappa shape index (κ2) is 3.82. The van der Waals surface area contributed by atoms with Crippen molar-refractivity contribution in [1.82, 2.24) is 10.2 Å². The largest absolute Gasteiger partial charge is 0.311 e. The van der Waals surface area contributed by atoms with Crippen molar-refractivity contribution in [3.05, 3.63) is 0 Å². The van der Waals surface area contributed by atoms with Gasteiger partial charge < -0.3 is 5.32 Å². The second-order valence-electron chi connectivity index (χ2n) is 5.34. The van der Waals surface area contributed by atoms with Crippen LogP contribution >= 0.6 is 0 Å². The fraction of sp³-hybridized carbons (Fsp3) is 1.00. The summed E-state index contributed by atoms with van der Waals surface area (Å²) in [4.78, 5) is 2.70. The molecule has 0 aromatic heterocycles. The zero-order valence-electron chi connectivity index (χ0n) is 9.96. The van der Waals surface area contributed by atoms with Gasteiger partial charge in [-0.25, -0.2) is 0 Å². The third kappa shape index (κ3) is 1.82. The van der Waals surface area contributed by atoms with Crippen molar-refractivity contribution in [3.63, 3.8) is 0 Å². The molecule has 0 aromatic rings. The van der Waals surface area contributed by atoms with Crippen LogP contribution in [0, 0.1) is 11.8 Å². The van der Waals surface area contributed by atoms with Gasteiger partial charge in [-0.2, -0.15) is 0 Å². The molecule has 1 saturated carbocycles. The van der Waals surface area contributed by atoms with Crippen molar-refractivity contribution in [2.45, 2.75) is 52.2 Å². The van der Waals surface area contributed by atoms with E-state index in [0.717, 1.165) is 24.4 Å². The van der Waals surface area contributed by atoms with Crippen LogP contribution in [0.25, 0.3) is 0 Å². The molecule has 1 saturated heterocycles. The highest BCUT2D eigenvalue weighted by Crippen LogP contribution is 2.43. The molecule has 2 nitrogen and oxygen atoms in total. The SMILES string of the molecule is CC1CC1C(C)N1CCNC(C)C1C. The summed E-state index contributed by atoms with van der Waals surface area (Å²) < 4.78 is 0. The summed E-state index contributed by atoms with van der Waals surface area (Å²) >= 11 is 0. The number of rotatable bonds is 2. The van der Waals surface area contributed by atoms with Crippen LogP contribution in [0.3, 0.4) is 0 Å². The van der Waals surface area contributed by atoms with E-state index in [0.29, 0.717) is 12.1 Å². The number of piperazine rings is 1. The lowest BCUT2D eigenvalue weighted by Gasteiger charge is -2.42. The van der Waals surface area contributed by atoms with Crippen molar-refractivity contribution in [1.29, 1.82) is 0 Å². The summed E-state index contributed by atoms with van der Waals surface area (Å²) in [7, 11) is 0. The average Bonchev–Trinajstić information content (AvgIpc) is 2.87. The number of hydrogen-bond donors (Lipinski definition) is 1. The van der Waals surface area contributed by atoms with E-state index in [1.165, 1.54) is 13.0 Å². The molecule has 2 fully saturated rings. The fourth-order valence-electron chi connectivity index (χ4n) is 2.93. The molecule has 0 spiro atoms. The molecule has 0 bridgehead atoms. The first-order valence-electron chi connectivity index (χ1n) is 6.10. The Labute approximate surface area is 88.1 Å². The van der Waals surface area contributed by atoms with E-state index in [4.69, 9.17) is 0 Å². The van der Waals surface area contributed by atoms with Gasteiger partial charge in [0.2, 0.25) is 0 Å². The van der Waals surface area contributed by atoms with E-state index in [-0.39, 0.29) is 0 Å². The van der Waals surface area contributed by atoms with E-state index in [1.807, 2.05) is 0 Å². The van der Waals surface area contributed by atoms with Crippen LogP contribution in [0.2, 0.25) is 0 Å². The molecular weight excluding hydrogens is 172 g/mol. The molecule has 1 aliphatic carbocycles. The van der Waals surface area contributed by atoms with Gasteiger partial charge in [-0.1, -0.05) is 6.92 Å². The van der Waals surface area contributed by atoms with Gasteiger partial charge in [-0.15, -0.1) is 0 Å². The van der Waals surface area contributed by atoms with Crippen molar-refractivity contribution < 1.29 is 0 Å². The highest BCUT2D eigenvalue weighted by Gasteiger charge is 2.41. The smallest absolute Gasteiger partial charge is 0.0221 e. The zero-order chi connectivity index (χ0) is 10.3. The topological polar surface area (TPSA) is 15.3 Å². The maximum Gasteiger partial charge on any atom is 0.0221 e. The third-order valence-corrected chi connectivity index (χ3v) is 4.40. The van der Waals surface area contributed by atoms with E-state index in [1.54, 1.807) is 0 Å². The highest BCUT2D eigenvalue weighted by molar-refractivity contribution is 4.95. The van der Waals surface area contributed by atoms with Crippen molar-refractivity contribution in [2.24, 2.45) is 11.8 Å². The monoisotopic (exact) mass is 196 g/mol. The minimum atomic E-state index is 0.653. The lowest BCUT2D eigenvalue weighted by atomic mass is 10.0. The first kappa shape index (κ1) is 10.4. The summed E-state index contributed by atoms with van der Waals surface area (Å²) in [6, 6.07) is 2.15. The molecule has 1 aliphatic heterocycles.